The van der Waals surface area contributed by atoms with Crippen molar-refractivity contribution in [1.29, 1.82) is 0 Å². The Bertz CT molecular complexity index is 589. The van der Waals surface area contributed by atoms with Gasteiger partial charge in [0.15, 0.2) is 5.75 Å². The summed E-state index contributed by atoms with van der Waals surface area (Å²) in [6, 6.07) is 2.93. The monoisotopic (exact) mass is 382 g/mol. The number of sulfonamides is 1. The zero-order valence-corrected chi connectivity index (χ0v) is 14.1. The van der Waals surface area contributed by atoms with E-state index in [4.69, 9.17) is 16.3 Å². The Morgan fingerprint density at radius 2 is 2.05 bits per heavy atom. The SMILES string of the molecule is COc1c(Br)cc(Cl)cc1S(=O)(=O)NC1CCNCC1. The van der Waals surface area contributed by atoms with Crippen LogP contribution >= 0.6 is 27.5 Å². The quantitative estimate of drug-likeness (QED) is 0.836. The third kappa shape index (κ3) is 3.65. The standard InChI is InChI=1S/C12H16BrClN2O3S/c1-19-12-10(13)6-8(14)7-11(12)20(17,18)16-9-2-4-15-5-3-9/h6-7,9,15-16H,2-5H2,1H3. The van der Waals surface area contributed by atoms with Gasteiger partial charge in [-0.15, -0.1) is 0 Å². The van der Waals surface area contributed by atoms with E-state index < -0.39 is 10.0 Å². The third-order valence-corrected chi connectivity index (χ3v) is 5.46. The molecule has 112 valence electrons. The number of nitrogens with one attached hydrogen (secondary N) is 2. The van der Waals surface area contributed by atoms with E-state index in [9.17, 15) is 8.42 Å². The maximum absolute atomic E-state index is 12.5. The first-order valence-electron chi connectivity index (χ1n) is 6.20. The van der Waals surface area contributed by atoms with E-state index in [-0.39, 0.29) is 16.7 Å². The molecule has 1 aliphatic rings. The summed E-state index contributed by atoms with van der Waals surface area (Å²) in [5.74, 6) is 0.260. The molecule has 0 saturated carbocycles. The minimum atomic E-state index is -3.66. The minimum absolute atomic E-state index is 0.0536. The van der Waals surface area contributed by atoms with Crippen molar-refractivity contribution in [3.8, 4) is 5.75 Å². The van der Waals surface area contributed by atoms with E-state index in [2.05, 4.69) is 26.0 Å². The average Bonchev–Trinajstić information content (AvgIpc) is 2.38. The Morgan fingerprint density at radius 3 is 2.65 bits per heavy atom. The van der Waals surface area contributed by atoms with Gasteiger partial charge >= 0.3 is 0 Å². The van der Waals surface area contributed by atoms with Gasteiger partial charge in [-0.2, -0.15) is 0 Å². The van der Waals surface area contributed by atoms with E-state index in [1.165, 1.54) is 13.2 Å². The summed E-state index contributed by atoms with van der Waals surface area (Å²) >= 11 is 9.20. The van der Waals surface area contributed by atoms with Crippen LogP contribution in [0, 0.1) is 0 Å². The number of hydrogen-bond acceptors (Lipinski definition) is 4. The summed E-state index contributed by atoms with van der Waals surface area (Å²) in [6.07, 6.45) is 1.53. The predicted molar refractivity (Wildman–Crippen MR) is 81.9 cm³/mol. The average molecular weight is 384 g/mol. The molecule has 0 atom stereocenters. The summed E-state index contributed by atoms with van der Waals surface area (Å²) in [7, 11) is -2.24. The van der Waals surface area contributed by atoms with Crippen molar-refractivity contribution in [2.45, 2.75) is 23.8 Å². The van der Waals surface area contributed by atoms with Crippen LogP contribution in [0.25, 0.3) is 0 Å². The first-order valence-corrected chi connectivity index (χ1v) is 8.85. The number of hydrogen-bond donors (Lipinski definition) is 2. The van der Waals surface area contributed by atoms with Gasteiger partial charge in [-0.25, -0.2) is 13.1 Å². The van der Waals surface area contributed by atoms with Gasteiger partial charge in [-0.05, 0) is 54.0 Å². The highest BCUT2D eigenvalue weighted by molar-refractivity contribution is 9.10. The summed E-state index contributed by atoms with van der Waals surface area (Å²) in [6.45, 7) is 1.62. The van der Waals surface area contributed by atoms with Gasteiger partial charge < -0.3 is 10.1 Å². The van der Waals surface area contributed by atoms with Crippen molar-refractivity contribution in [2.24, 2.45) is 0 Å². The lowest BCUT2D eigenvalue weighted by Gasteiger charge is -2.24. The molecule has 1 aromatic rings. The van der Waals surface area contributed by atoms with Crippen molar-refractivity contribution in [2.75, 3.05) is 20.2 Å². The van der Waals surface area contributed by atoms with Crippen LogP contribution in [0.3, 0.4) is 0 Å². The first-order chi connectivity index (χ1) is 9.44. The molecular formula is C12H16BrClN2O3S. The summed E-state index contributed by atoms with van der Waals surface area (Å²) in [4.78, 5) is 0.0536. The Hall–Kier alpha value is -0.340. The molecule has 20 heavy (non-hydrogen) atoms. The molecule has 0 aromatic heterocycles. The number of ether oxygens (including phenoxy) is 1. The van der Waals surface area contributed by atoms with Crippen LogP contribution in [0.5, 0.6) is 5.75 Å². The second-order valence-corrected chi connectivity index (χ2v) is 7.54. The molecular weight excluding hydrogens is 368 g/mol. The molecule has 0 radical (unpaired) electrons. The minimum Gasteiger partial charge on any atom is -0.494 e. The molecule has 1 aromatic carbocycles. The van der Waals surface area contributed by atoms with Crippen molar-refractivity contribution < 1.29 is 13.2 Å². The number of rotatable bonds is 4. The number of methoxy groups -OCH3 is 1. The van der Waals surface area contributed by atoms with Gasteiger partial charge in [0.1, 0.15) is 4.90 Å². The lowest BCUT2D eigenvalue weighted by Crippen LogP contribution is -2.42. The van der Waals surface area contributed by atoms with Crippen LogP contribution in [0.4, 0.5) is 0 Å². The molecule has 1 heterocycles. The van der Waals surface area contributed by atoms with Gasteiger partial charge in [-0.1, -0.05) is 11.6 Å². The molecule has 8 heteroatoms. The van der Waals surface area contributed by atoms with Crippen molar-refractivity contribution in [3.63, 3.8) is 0 Å². The predicted octanol–water partition coefficient (Wildman–Crippen LogP) is 2.14. The fourth-order valence-electron chi connectivity index (χ4n) is 2.16. The number of piperidine rings is 1. The zero-order valence-electron chi connectivity index (χ0n) is 10.9. The number of benzene rings is 1. The smallest absolute Gasteiger partial charge is 0.244 e. The van der Waals surface area contributed by atoms with Crippen LogP contribution in [-0.4, -0.2) is 34.7 Å². The highest BCUT2D eigenvalue weighted by atomic mass is 79.9. The van der Waals surface area contributed by atoms with Gasteiger partial charge in [0.05, 0.1) is 11.6 Å². The number of halogens is 2. The molecule has 1 fully saturated rings. The summed E-state index contributed by atoms with van der Waals surface area (Å²) in [5, 5.41) is 3.53. The van der Waals surface area contributed by atoms with Gasteiger partial charge in [-0.3, -0.25) is 0 Å². The van der Waals surface area contributed by atoms with E-state index in [1.54, 1.807) is 6.07 Å². The van der Waals surface area contributed by atoms with Crippen molar-refractivity contribution >= 4 is 37.6 Å². The van der Waals surface area contributed by atoms with Crippen LogP contribution < -0.4 is 14.8 Å². The van der Waals surface area contributed by atoms with E-state index >= 15 is 0 Å². The van der Waals surface area contributed by atoms with E-state index in [1.807, 2.05) is 0 Å². The maximum Gasteiger partial charge on any atom is 0.244 e. The highest BCUT2D eigenvalue weighted by Gasteiger charge is 2.26. The Morgan fingerprint density at radius 1 is 1.40 bits per heavy atom. The first kappa shape index (κ1) is 16.0. The fraction of sp³-hybridized carbons (Fsp3) is 0.500. The Kier molecular flexibility index (Phi) is 5.30. The normalized spacial score (nSPS) is 17.1. The summed E-state index contributed by atoms with van der Waals surface area (Å²) < 4.78 is 33.4. The molecule has 2 rings (SSSR count). The molecule has 0 bridgehead atoms. The van der Waals surface area contributed by atoms with Crippen LogP contribution in [-0.2, 0) is 10.0 Å². The molecule has 0 spiro atoms. The second-order valence-electron chi connectivity index (χ2n) is 4.56. The lowest BCUT2D eigenvalue weighted by atomic mass is 10.1. The van der Waals surface area contributed by atoms with Crippen molar-refractivity contribution in [3.05, 3.63) is 21.6 Å². The van der Waals surface area contributed by atoms with Crippen LogP contribution in [0.1, 0.15) is 12.8 Å². The largest absolute Gasteiger partial charge is 0.494 e. The fourth-order valence-corrected chi connectivity index (χ4v) is 4.85. The van der Waals surface area contributed by atoms with Gasteiger partial charge in [0.25, 0.3) is 0 Å². The molecule has 2 N–H and O–H groups in total. The highest BCUT2D eigenvalue weighted by Crippen LogP contribution is 2.35. The molecule has 0 amide bonds. The van der Waals surface area contributed by atoms with Crippen LogP contribution in [0.2, 0.25) is 5.02 Å². The lowest BCUT2D eigenvalue weighted by molar-refractivity contribution is 0.397. The molecule has 0 unspecified atom stereocenters. The molecule has 1 saturated heterocycles. The summed E-state index contributed by atoms with van der Waals surface area (Å²) in [5.41, 5.74) is 0. The maximum atomic E-state index is 12.5. The topological polar surface area (TPSA) is 67.4 Å². The Labute approximate surface area is 132 Å². The van der Waals surface area contributed by atoms with Crippen LogP contribution in [0.15, 0.2) is 21.5 Å². The second kappa shape index (κ2) is 6.62. The zero-order chi connectivity index (χ0) is 14.8. The van der Waals surface area contributed by atoms with Crippen molar-refractivity contribution in [1.82, 2.24) is 10.0 Å². The Balaban J connectivity index is 2.33. The van der Waals surface area contributed by atoms with Gasteiger partial charge in [0, 0.05) is 11.1 Å². The van der Waals surface area contributed by atoms with Gasteiger partial charge in [0.2, 0.25) is 10.0 Å². The molecule has 1 aliphatic heterocycles. The third-order valence-electron chi connectivity index (χ3n) is 3.13. The molecule has 5 nitrogen and oxygen atoms in total. The van der Waals surface area contributed by atoms with E-state index in [0.29, 0.717) is 9.50 Å². The van der Waals surface area contributed by atoms with E-state index in [0.717, 1.165) is 25.9 Å². The molecule has 0 aliphatic carbocycles.